The highest BCUT2D eigenvalue weighted by Crippen LogP contribution is 2.28. The maximum Gasteiger partial charge on any atom is 0.325 e. The molecular weight excluding hydrogens is 420 g/mol. The Bertz CT molecular complexity index is 937. The number of esters is 1. The summed E-state index contributed by atoms with van der Waals surface area (Å²) in [6.45, 7) is 7.02. The summed E-state index contributed by atoms with van der Waals surface area (Å²) in [6.07, 6.45) is 1.82. The molecule has 31 heavy (non-hydrogen) atoms. The van der Waals surface area contributed by atoms with E-state index >= 15 is 0 Å². The molecule has 172 valence electrons. The molecule has 0 radical (unpaired) electrons. The Hall–Kier alpha value is -1.97. The van der Waals surface area contributed by atoms with E-state index in [0.717, 1.165) is 34.7 Å². The average Bonchev–Trinajstić information content (AvgIpc) is 3.10. The highest BCUT2D eigenvalue weighted by molar-refractivity contribution is 7.89. The third-order valence-corrected chi connectivity index (χ3v) is 8.28. The van der Waals surface area contributed by atoms with Crippen molar-refractivity contribution < 1.29 is 27.9 Å². The van der Waals surface area contributed by atoms with Crippen LogP contribution in [0.2, 0.25) is 0 Å². The maximum atomic E-state index is 13.2. The second-order valence-corrected chi connectivity index (χ2v) is 10.7. The van der Waals surface area contributed by atoms with E-state index in [-0.39, 0.29) is 35.9 Å². The number of sulfonamides is 1. The largest absolute Gasteiger partial charge is 0.454 e. The minimum absolute atomic E-state index is 0.0619. The Balaban J connectivity index is 1.72. The minimum Gasteiger partial charge on any atom is -0.454 e. The summed E-state index contributed by atoms with van der Waals surface area (Å²) < 4.78 is 32.6. The summed E-state index contributed by atoms with van der Waals surface area (Å²) in [7, 11) is -4.00. The number of hydrogen-bond acceptors (Lipinski definition) is 6. The number of ether oxygens (including phenoxy) is 1. The van der Waals surface area contributed by atoms with E-state index in [4.69, 9.17) is 4.74 Å². The first-order valence-corrected chi connectivity index (χ1v) is 12.2. The van der Waals surface area contributed by atoms with Crippen LogP contribution in [0.5, 0.6) is 0 Å². The second kappa shape index (κ2) is 9.26. The van der Waals surface area contributed by atoms with Crippen molar-refractivity contribution in [2.24, 2.45) is 0 Å². The lowest BCUT2D eigenvalue weighted by molar-refractivity contribution is -0.157. The third kappa shape index (κ3) is 4.94. The standard InChI is InChI=1S/C22H32N2O6S/c1-14-8-9-19(10-15(14)2)31(28,29)23-12-18(25)11-20(23)22(27)30-13-21(26)24-16(3)6-5-7-17(24)4/h8-10,16-18,20,25H,5-7,11-13H2,1-4H3/t16?,17?,18?,20-/m0/s1. The molecule has 3 rings (SSSR count). The molecule has 1 aromatic carbocycles. The zero-order valence-electron chi connectivity index (χ0n) is 18.6. The van der Waals surface area contributed by atoms with Crippen molar-refractivity contribution in [1.29, 1.82) is 0 Å². The van der Waals surface area contributed by atoms with Gasteiger partial charge in [0.15, 0.2) is 6.61 Å². The molecule has 0 aromatic heterocycles. The van der Waals surface area contributed by atoms with Crippen LogP contribution in [0.15, 0.2) is 23.1 Å². The van der Waals surface area contributed by atoms with Crippen molar-refractivity contribution in [3.8, 4) is 0 Å². The van der Waals surface area contributed by atoms with Crippen LogP contribution in [-0.2, 0) is 24.3 Å². The predicted molar refractivity (Wildman–Crippen MR) is 115 cm³/mol. The number of aliphatic hydroxyl groups is 1. The van der Waals surface area contributed by atoms with Gasteiger partial charge in [0.25, 0.3) is 5.91 Å². The fourth-order valence-corrected chi connectivity index (χ4v) is 6.20. The molecule has 8 nitrogen and oxygen atoms in total. The molecule has 3 unspecified atom stereocenters. The van der Waals surface area contributed by atoms with Crippen molar-refractivity contribution in [2.45, 2.75) is 82.5 Å². The molecule has 1 amide bonds. The number of piperidine rings is 1. The number of β-amino-alcohol motifs (C(OH)–C–C–N with tert-alkyl or cyclic N) is 1. The fraction of sp³-hybridized carbons (Fsp3) is 0.636. The summed E-state index contributed by atoms with van der Waals surface area (Å²) in [5.41, 5.74) is 1.77. The highest BCUT2D eigenvalue weighted by Gasteiger charge is 2.44. The predicted octanol–water partition coefficient (Wildman–Crippen LogP) is 1.76. The van der Waals surface area contributed by atoms with Crippen molar-refractivity contribution in [3.05, 3.63) is 29.3 Å². The number of amides is 1. The molecule has 2 aliphatic rings. The van der Waals surface area contributed by atoms with Gasteiger partial charge in [-0.3, -0.25) is 9.59 Å². The normalized spacial score (nSPS) is 27.3. The Kier molecular flexibility index (Phi) is 7.08. The van der Waals surface area contributed by atoms with Crippen LogP contribution < -0.4 is 0 Å². The molecule has 2 saturated heterocycles. The number of likely N-dealkylation sites (tertiary alicyclic amines) is 1. The minimum atomic E-state index is -4.00. The summed E-state index contributed by atoms with van der Waals surface area (Å²) >= 11 is 0. The first-order chi connectivity index (χ1) is 14.5. The first-order valence-electron chi connectivity index (χ1n) is 10.8. The number of rotatable bonds is 5. The van der Waals surface area contributed by atoms with Crippen molar-refractivity contribution in [3.63, 3.8) is 0 Å². The van der Waals surface area contributed by atoms with Gasteiger partial charge in [0.2, 0.25) is 10.0 Å². The van der Waals surface area contributed by atoms with Crippen molar-refractivity contribution >= 4 is 21.9 Å². The van der Waals surface area contributed by atoms with Crippen molar-refractivity contribution in [1.82, 2.24) is 9.21 Å². The second-order valence-electron chi connectivity index (χ2n) is 8.76. The molecule has 9 heteroatoms. The molecule has 0 saturated carbocycles. The van der Waals surface area contributed by atoms with E-state index in [2.05, 4.69) is 0 Å². The van der Waals surface area contributed by atoms with Gasteiger partial charge in [0, 0.05) is 25.0 Å². The van der Waals surface area contributed by atoms with Crippen LogP contribution in [0.3, 0.4) is 0 Å². The van der Waals surface area contributed by atoms with Gasteiger partial charge in [0.1, 0.15) is 6.04 Å². The molecule has 0 bridgehead atoms. The molecule has 1 aromatic rings. The van der Waals surface area contributed by atoms with Gasteiger partial charge in [0.05, 0.1) is 11.0 Å². The van der Waals surface area contributed by atoms with Gasteiger partial charge in [-0.25, -0.2) is 8.42 Å². The van der Waals surface area contributed by atoms with Crippen molar-refractivity contribution in [2.75, 3.05) is 13.2 Å². The van der Waals surface area contributed by atoms with Crippen LogP contribution >= 0.6 is 0 Å². The molecule has 2 heterocycles. The van der Waals surface area contributed by atoms with Gasteiger partial charge >= 0.3 is 5.97 Å². The lowest BCUT2D eigenvalue weighted by Crippen LogP contribution is -2.49. The van der Waals surface area contributed by atoms with E-state index in [1.54, 1.807) is 17.0 Å². The summed E-state index contributed by atoms with van der Waals surface area (Å²) in [6, 6.07) is 3.75. The number of nitrogens with zero attached hydrogens (tertiary/aromatic N) is 2. The van der Waals surface area contributed by atoms with E-state index in [9.17, 15) is 23.1 Å². The van der Waals surface area contributed by atoms with Crippen LogP contribution in [0.1, 0.15) is 50.7 Å². The first kappa shape index (κ1) is 23.7. The van der Waals surface area contributed by atoms with Gasteiger partial charge in [-0.2, -0.15) is 4.31 Å². The maximum absolute atomic E-state index is 13.2. The molecule has 0 spiro atoms. The number of benzene rings is 1. The van der Waals surface area contributed by atoms with Gasteiger partial charge in [-0.05, 0) is 70.2 Å². The van der Waals surface area contributed by atoms with Crippen LogP contribution in [0, 0.1) is 13.8 Å². The summed E-state index contributed by atoms with van der Waals surface area (Å²) in [5.74, 6) is -1.09. The van der Waals surface area contributed by atoms with E-state index in [1.807, 2.05) is 27.7 Å². The fourth-order valence-electron chi connectivity index (χ4n) is 4.49. The quantitative estimate of drug-likeness (QED) is 0.683. The van der Waals surface area contributed by atoms with Gasteiger partial charge < -0.3 is 14.7 Å². The molecule has 2 aliphatic heterocycles. The van der Waals surface area contributed by atoms with Gasteiger partial charge in [-0.1, -0.05) is 6.07 Å². The van der Waals surface area contributed by atoms with E-state index in [1.165, 1.54) is 6.07 Å². The third-order valence-electron chi connectivity index (χ3n) is 6.41. The Morgan fingerprint density at radius 3 is 2.39 bits per heavy atom. The molecule has 2 fully saturated rings. The topological polar surface area (TPSA) is 104 Å². The summed E-state index contributed by atoms with van der Waals surface area (Å²) in [4.78, 5) is 27.2. The SMILES string of the molecule is Cc1ccc(S(=O)(=O)N2CC(O)C[C@H]2C(=O)OCC(=O)N2C(C)CCCC2C)cc1C. The number of carbonyl (C=O) groups is 2. The Morgan fingerprint density at radius 2 is 1.77 bits per heavy atom. The van der Waals surface area contributed by atoms with Crippen LogP contribution in [-0.4, -0.2) is 72.0 Å². The van der Waals surface area contributed by atoms with Crippen LogP contribution in [0.25, 0.3) is 0 Å². The number of hydrogen-bond donors (Lipinski definition) is 1. The number of aryl methyl sites for hydroxylation is 2. The lowest BCUT2D eigenvalue weighted by atomic mass is 9.97. The molecular formula is C22H32N2O6S. The highest BCUT2D eigenvalue weighted by atomic mass is 32.2. The number of carbonyl (C=O) groups excluding carboxylic acids is 2. The monoisotopic (exact) mass is 452 g/mol. The Labute approximate surface area is 184 Å². The number of aliphatic hydroxyl groups excluding tert-OH is 1. The molecule has 0 aliphatic carbocycles. The summed E-state index contributed by atoms with van der Waals surface area (Å²) in [5, 5.41) is 10.1. The smallest absolute Gasteiger partial charge is 0.325 e. The average molecular weight is 453 g/mol. The lowest BCUT2D eigenvalue weighted by Gasteiger charge is -2.39. The molecule has 4 atom stereocenters. The van der Waals surface area contributed by atoms with E-state index in [0.29, 0.717) is 0 Å². The Morgan fingerprint density at radius 1 is 1.13 bits per heavy atom. The zero-order chi connectivity index (χ0) is 22.9. The molecule has 1 N–H and O–H groups in total. The van der Waals surface area contributed by atoms with Crippen LogP contribution in [0.4, 0.5) is 0 Å². The van der Waals surface area contributed by atoms with E-state index < -0.39 is 34.7 Å². The van der Waals surface area contributed by atoms with Gasteiger partial charge in [-0.15, -0.1) is 0 Å². The zero-order valence-corrected chi connectivity index (χ0v) is 19.4.